The Morgan fingerprint density at radius 3 is 2.80 bits per heavy atom. The van der Waals surface area contributed by atoms with Crippen LogP contribution in [0.3, 0.4) is 0 Å². The van der Waals surface area contributed by atoms with E-state index in [0.717, 1.165) is 23.3 Å². The first kappa shape index (κ1) is 11.6. The largest absolute Gasteiger partial charge is 0.493 e. The lowest BCUT2D eigenvalue weighted by Gasteiger charge is -2.13. The highest BCUT2D eigenvalue weighted by molar-refractivity contribution is 5.52. The summed E-state index contributed by atoms with van der Waals surface area (Å²) in [5.41, 5.74) is 1.02. The highest BCUT2D eigenvalue weighted by Crippen LogP contribution is 2.31. The number of rotatable bonds is 6. The van der Waals surface area contributed by atoms with Crippen LogP contribution in [0.4, 0.5) is 0 Å². The Morgan fingerprint density at radius 2 is 2.20 bits per heavy atom. The van der Waals surface area contributed by atoms with Gasteiger partial charge in [0.15, 0.2) is 11.5 Å². The lowest BCUT2D eigenvalue weighted by Crippen LogP contribution is -2.00. The van der Waals surface area contributed by atoms with Crippen LogP contribution in [0.15, 0.2) is 18.2 Å². The van der Waals surface area contributed by atoms with Gasteiger partial charge in [0, 0.05) is 6.42 Å². The first-order valence-corrected chi connectivity index (χ1v) is 5.05. The van der Waals surface area contributed by atoms with Crippen molar-refractivity contribution in [1.82, 2.24) is 0 Å². The lowest BCUT2D eigenvalue weighted by atomic mass is 10.1. The number of ether oxygens (including phenoxy) is 2. The van der Waals surface area contributed by atoms with Crippen molar-refractivity contribution in [1.29, 1.82) is 0 Å². The fourth-order valence-electron chi connectivity index (χ4n) is 1.44. The molecule has 0 fully saturated rings. The van der Waals surface area contributed by atoms with Crippen LogP contribution >= 0.6 is 0 Å². The van der Waals surface area contributed by atoms with Crippen LogP contribution in [0.2, 0.25) is 0 Å². The smallest absolute Gasteiger partial charge is 0.164 e. The molecule has 0 aliphatic rings. The second-order valence-corrected chi connectivity index (χ2v) is 3.09. The normalized spacial score (nSPS) is 9.73. The van der Waals surface area contributed by atoms with Crippen LogP contribution in [0.1, 0.15) is 18.9 Å². The van der Waals surface area contributed by atoms with Crippen molar-refractivity contribution in [2.24, 2.45) is 0 Å². The maximum atomic E-state index is 10.3. The van der Waals surface area contributed by atoms with Crippen molar-refractivity contribution in [3.8, 4) is 11.5 Å². The third kappa shape index (κ3) is 2.98. The van der Waals surface area contributed by atoms with Crippen molar-refractivity contribution < 1.29 is 14.3 Å². The molecular weight excluding hydrogens is 192 g/mol. The standard InChI is InChI=1S/C12H16O3/c1-3-15-12-10(7-5-9-13)6-4-8-11(12)14-2/h4,6,8-9H,3,5,7H2,1-2H3. The topological polar surface area (TPSA) is 35.5 Å². The molecule has 0 heterocycles. The molecule has 1 aromatic carbocycles. The molecule has 0 amide bonds. The molecule has 0 saturated carbocycles. The van der Waals surface area contributed by atoms with Gasteiger partial charge in [0.1, 0.15) is 6.29 Å². The number of aldehydes is 1. The average Bonchev–Trinajstić information content (AvgIpc) is 2.28. The minimum atomic E-state index is 0.507. The summed E-state index contributed by atoms with van der Waals surface area (Å²) in [6.07, 6.45) is 2.11. The summed E-state index contributed by atoms with van der Waals surface area (Å²) in [6, 6.07) is 5.72. The summed E-state index contributed by atoms with van der Waals surface area (Å²) in [5, 5.41) is 0. The highest BCUT2D eigenvalue weighted by Gasteiger charge is 2.09. The first-order valence-electron chi connectivity index (χ1n) is 5.05. The van der Waals surface area contributed by atoms with Gasteiger partial charge in [-0.2, -0.15) is 0 Å². The van der Waals surface area contributed by atoms with Crippen LogP contribution in [-0.2, 0) is 11.2 Å². The molecule has 0 saturated heterocycles. The molecule has 1 rings (SSSR count). The van der Waals surface area contributed by atoms with Gasteiger partial charge >= 0.3 is 0 Å². The zero-order chi connectivity index (χ0) is 11.1. The van der Waals surface area contributed by atoms with E-state index in [1.807, 2.05) is 25.1 Å². The summed E-state index contributed by atoms with van der Waals surface area (Å²) in [7, 11) is 1.61. The molecule has 1 aromatic rings. The monoisotopic (exact) mass is 208 g/mol. The van der Waals surface area contributed by atoms with E-state index < -0.39 is 0 Å². The van der Waals surface area contributed by atoms with E-state index in [1.54, 1.807) is 7.11 Å². The lowest BCUT2D eigenvalue weighted by molar-refractivity contribution is -0.107. The Kier molecular flexibility index (Phi) is 4.68. The van der Waals surface area contributed by atoms with E-state index in [1.165, 1.54) is 0 Å². The van der Waals surface area contributed by atoms with E-state index in [2.05, 4.69) is 0 Å². The Morgan fingerprint density at radius 1 is 1.40 bits per heavy atom. The predicted molar refractivity (Wildman–Crippen MR) is 58.5 cm³/mol. The maximum absolute atomic E-state index is 10.3. The second-order valence-electron chi connectivity index (χ2n) is 3.09. The minimum Gasteiger partial charge on any atom is -0.493 e. The number of benzene rings is 1. The van der Waals surface area contributed by atoms with Gasteiger partial charge in [-0.25, -0.2) is 0 Å². The molecule has 0 unspecified atom stereocenters. The van der Waals surface area contributed by atoms with Crippen LogP contribution in [0.25, 0.3) is 0 Å². The van der Waals surface area contributed by atoms with Gasteiger partial charge in [-0.1, -0.05) is 12.1 Å². The predicted octanol–water partition coefficient (Wildman–Crippen LogP) is 2.23. The van der Waals surface area contributed by atoms with Crippen molar-refractivity contribution in [2.75, 3.05) is 13.7 Å². The first-order chi connectivity index (χ1) is 7.33. The summed E-state index contributed by atoms with van der Waals surface area (Å²) < 4.78 is 10.7. The van der Waals surface area contributed by atoms with E-state index in [-0.39, 0.29) is 0 Å². The number of para-hydroxylation sites is 1. The van der Waals surface area contributed by atoms with Gasteiger partial charge in [0.2, 0.25) is 0 Å². The molecule has 0 atom stereocenters. The molecule has 0 aliphatic carbocycles. The van der Waals surface area contributed by atoms with Gasteiger partial charge in [0.25, 0.3) is 0 Å². The van der Waals surface area contributed by atoms with Crippen molar-refractivity contribution in [2.45, 2.75) is 19.8 Å². The fraction of sp³-hybridized carbons (Fsp3) is 0.417. The number of hydrogen-bond acceptors (Lipinski definition) is 3. The van der Waals surface area contributed by atoms with Gasteiger partial charge in [-0.05, 0) is 25.0 Å². The van der Waals surface area contributed by atoms with E-state index >= 15 is 0 Å². The molecule has 0 aliphatic heterocycles. The van der Waals surface area contributed by atoms with Gasteiger partial charge in [-0.3, -0.25) is 0 Å². The van der Waals surface area contributed by atoms with E-state index in [9.17, 15) is 4.79 Å². The maximum Gasteiger partial charge on any atom is 0.164 e. The van der Waals surface area contributed by atoms with Gasteiger partial charge in [-0.15, -0.1) is 0 Å². The zero-order valence-electron chi connectivity index (χ0n) is 9.16. The third-order valence-electron chi connectivity index (χ3n) is 2.10. The van der Waals surface area contributed by atoms with Crippen LogP contribution in [0, 0.1) is 0 Å². The van der Waals surface area contributed by atoms with Gasteiger partial charge < -0.3 is 14.3 Å². The average molecular weight is 208 g/mol. The minimum absolute atomic E-state index is 0.507. The Bertz CT molecular complexity index is 321. The molecule has 0 bridgehead atoms. The quantitative estimate of drug-likeness (QED) is 0.672. The number of aryl methyl sites for hydroxylation is 1. The van der Waals surface area contributed by atoms with Crippen LogP contribution in [-0.4, -0.2) is 20.0 Å². The Balaban J connectivity index is 2.95. The number of hydrogen-bond donors (Lipinski definition) is 0. The molecule has 0 spiro atoms. The number of carbonyl (C=O) groups is 1. The fourth-order valence-corrected chi connectivity index (χ4v) is 1.44. The number of methoxy groups -OCH3 is 1. The Hall–Kier alpha value is -1.51. The molecule has 3 nitrogen and oxygen atoms in total. The number of carbonyl (C=O) groups excluding carboxylic acids is 1. The molecule has 0 aromatic heterocycles. The second kappa shape index (κ2) is 6.06. The molecule has 82 valence electrons. The summed E-state index contributed by atoms with van der Waals surface area (Å²) in [4.78, 5) is 10.3. The third-order valence-corrected chi connectivity index (χ3v) is 2.10. The highest BCUT2D eigenvalue weighted by atomic mass is 16.5. The van der Waals surface area contributed by atoms with Crippen LogP contribution in [0.5, 0.6) is 11.5 Å². The summed E-state index contributed by atoms with van der Waals surface area (Å²) >= 11 is 0. The van der Waals surface area contributed by atoms with Crippen LogP contribution < -0.4 is 9.47 Å². The summed E-state index contributed by atoms with van der Waals surface area (Å²) in [5.74, 6) is 1.48. The van der Waals surface area contributed by atoms with Crippen molar-refractivity contribution >= 4 is 6.29 Å². The molecular formula is C12H16O3. The SMILES string of the molecule is CCOc1c(CCC=O)cccc1OC. The molecule has 0 N–H and O–H groups in total. The van der Waals surface area contributed by atoms with E-state index in [4.69, 9.17) is 9.47 Å². The molecule has 15 heavy (non-hydrogen) atoms. The summed E-state index contributed by atoms with van der Waals surface area (Å²) in [6.45, 7) is 2.52. The van der Waals surface area contributed by atoms with Crippen molar-refractivity contribution in [3.63, 3.8) is 0 Å². The zero-order valence-corrected chi connectivity index (χ0v) is 9.16. The van der Waals surface area contributed by atoms with E-state index in [0.29, 0.717) is 19.4 Å². The molecule has 3 heteroatoms. The Labute approximate surface area is 90.0 Å². The van der Waals surface area contributed by atoms with Gasteiger partial charge in [0.05, 0.1) is 13.7 Å². The van der Waals surface area contributed by atoms with Crippen molar-refractivity contribution in [3.05, 3.63) is 23.8 Å². The molecule has 0 radical (unpaired) electrons.